The molecule has 0 bridgehead atoms. The molecule has 76 valence electrons. The number of aromatic nitrogens is 1. The maximum Gasteiger partial charge on any atom is 0.290 e. The third-order valence-electron chi connectivity index (χ3n) is 2.18. The van der Waals surface area contributed by atoms with Crippen LogP contribution in [0.2, 0.25) is 0 Å². The van der Waals surface area contributed by atoms with E-state index in [0.717, 1.165) is 5.69 Å². The predicted octanol–water partition coefficient (Wildman–Crippen LogP) is 1.58. The number of rotatable bonds is 3. The maximum atomic E-state index is 10.5. The highest BCUT2D eigenvalue weighted by atomic mass is 16.6. The van der Waals surface area contributed by atoms with Gasteiger partial charge in [-0.2, -0.15) is 0 Å². The number of nitrogens with zero attached hydrogens (tertiary/aromatic N) is 2. The summed E-state index contributed by atoms with van der Waals surface area (Å²) in [6.45, 7) is 3.67. The summed E-state index contributed by atoms with van der Waals surface area (Å²) >= 11 is 0. The monoisotopic (exact) mass is 195 g/mol. The highest BCUT2D eigenvalue weighted by molar-refractivity contribution is 5.37. The van der Waals surface area contributed by atoms with Crippen LogP contribution in [-0.2, 0) is 0 Å². The second-order valence-electron chi connectivity index (χ2n) is 3.16. The Morgan fingerprint density at radius 2 is 2.29 bits per heavy atom. The van der Waals surface area contributed by atoms with Gasteiger partial charge in [0.25, 0.3) is 5.69 Å². The van der Waals surface area contributed by atoms with Crippen LogP contribution in [0, 0.1) is 17.0 Å². The molecule has 0 fully saturated rings. The van der Waals surface area contributed by atoms with E-state index in [4.69, 9.17) is 0 Å². The summed E-state index contributed by atoms with van der Waals surface area (Å²) in [5.74, 6) is 0. The number of hydrogen-bond donors (Lipinski definition) is 1. The first-order valence-corrected chi connectivity index (χ1v) is 4.34. The van der Waals surface area contributed by atoms with E-state index < -0.39 is 4.92 Å². The lowest BCUT2D eigenvalue weighted by molar-refractivity contribution is -0.385. The van der Waals surface area contributed by atoms with E-state index in [0.29, 0.717) is 5.56 Å². The summed E-state index contributed by atoms with van der Waals surface area (Å²) in [6.07, 6.45) is 1.30. The quantitative estimate of drug-likeness (QED) is 0.587. The third-order valence-corrected chi connectivity index (χ3v) is 2.18. The summed E-state index contributed by atoms with van der Waals surface area (Å²) in [7, 11) is 1.82. The van der Waals surface area contributed by atoms with Gasteiger partial charge in [-0.15, -0.1) is 0 Å². The maximum absolute atomic E-state index is 10.5. The Morgan fingerprint density at radius 3 is 2.71 bits per heavy atom. The van der Waals surface area contributed by atoms with Crippen LogP contribution >= 0.6 is 0 Å². The van der Waals surface area contributed by atoms with E-state index >= 15 is 0 Å². The highest BCUT2D eigenvalue weighted by Crippen LogP contribution is 2.19. The molecule has 1 aromatic rings. The summed E-state index contributed by atoms with van der Waals surface area (Å²) < 4.78 is 0. The van der Waals surface area contributed by atoms with Crippen LogP contribution in [-0.4, -0.2) is 17.0 Å². The predicted molar refractivity (Wildman–Crippen MR) is 53.1 cm³/mol. The van der Waals surface area contributed by atoms with Crippen molar-refractivity contribution in [1.29, 1.82) is 0 Å². The molecule has 0 aliphatic carbocycles. The lowest BCUT2D eigenvalue weighted by Crippen LogP contribution is -2.14. The average Bonchev–Trinajstić information content (AvgIpc) is 2.15. The Morgan fingerprint density at radius 1 is 1.64 bits per heavy atom. The largest absolute Gasteiger partial charge is 0.312 e. The third kappa shape index (κ3) is 2.05. The molecule has 1 heterocycles. The van der Waals surface area contributed by atoms with Gasteiger partial charge in [-0.05, 0) is 27.0 Å². The molecule has 5 heteroatoms. The average molecular weight is 195 g/mol. The lowest BCUT2D eigenvalue weighted by Gasteiger charge is -2.09. The minimum atomic E-state index is -0.420. The molecule has 0 spiro atoms. The molecule has 1 atom stereocenters. The first-order valence-electron chi connectivity index (χ1n) is 4.34. The minimum Gasteiger partial charge on any atom is -0.312 e. The molecule has 1 rings (SSSR count). The van der Waals surface area contributed by atoms with Crippen LogP contribution in [0.4, 0.5) is 5.69 Å². The Bertz CT molecular complexity index is 352. The Balaban J connectivity index is 3.06. The van der Waals surface area contributed by atoms with Gasteiger partial charge in [-0.1, -0.05) is 0 Å². The van der Waals surface area contributed by atoms with Crippen LogP contribution < -0.4 is 5.32 Å². The first kappa shape index (κ1) is 10.6. The molecule has 0 radical (unpaired) electrons. The molecule has 5 nitrogen and oxygen atoms in total. The van der Waals surface area contributed by atoms with Gasteiger partial charge in [0.1, 0.15) is 6.20 Å². The van der Waals surface area contributed by atoms with Crippen LogP contribution in [0.15, 0.2) is 12.3 Å². The molecule has 1 aromatic heterocycles. The Hall–Kier alpha value is -1.49. The van der Waals surface area contributed by atoms with Crippen LogP contribution in [0.1, 0.15) is 24.2 Å². The molecule has 14 heavy (non-hydrogen) atoms. The topological polar surface area (TPSA) is 68.1 Å². The molecule has 0 aliphatic rings. The van der Waals surface area contributed by atoms with Crippen molar-refractivity contribution in [2.45, 2.75) is 19.9 Å². The molecule has 0 amide bonds. The summed E-state index contributed by atoms with van der Waals surface area (Å²) in [4.78, 5) is 14.1. The molecular weight excluding hydrogens is 182 g/mol. The Labute approximate surface area is 82.3 Å². The molecular formula is C9H13N3O2. The van der Waals surface area contributed by atoms with E-state index in [1.165, 1.54) is 6.20 Å². The summed E-state index contributed by atoms with van der Waals surface area (Å²) in [6, 6.07) is 1.84. The van der Waals surface area contributed by atoms with Crippen LogP contribution in [0.5, 0.6) is 0 Å². The normalized spacial score (nSPS) is 12.5. The second-order valence-corrected chi connectivity index (χ2v) is 3.16. The van der Waals surface area contributed by atoms with Crippen LogP contribution in [0.3, 0.4) is 0 Å². The van der Waals surface area contributed by atoms with Crippen molar-refractivity contribution < 1.29 is 4.92 Å². The molecule has 0 saturated heterocycles. The highest BCUT2D eigenvalue weighted by Gasteiger charge is 2.13. The zero-order chi connectivity index (χ0) is 10.7. The first-order chi connectivity index (χ1) is 6.56. The fraction of sp³-hybridized carbons (Fsp3) is 0.444. The number of pyridine rings is 1. The molecule has 0 saturated carbocycles. The van der Waals surface area contributed by atoms with Gasteiger partial charge < -0.3 is 5.32 Å². The van der Waals surface area contributed by atoms with Crippen LogP contribution in [0.25, 0.3) is 0 Å². The fourth-order valence-electron chi connectivity index (χ4n) is 1.15. The van der Waals surface area contributed by atoms with Crippen molar-refractivity contribution >= 4 is 5.69 Å². The standard InChI is InChI=1S/C9H13N3O2/c1-6-4-8(7(2)10-3)11-5-9(6)12(13)14/h4-5,7,10H,1-3H3/t7-/m0/s1. The van der Waals surface area contributed by atoms with Crippen molar-refractivity contribution in [2.24, 2.45) is 0 Å². The van der Waals surface area contributed by atoms with Gasteiger partial charge in [0.05, 0.1) is 10.6 Å². The zero-order valence-electron chi connectivity index (χ0n) is 8.44. The van der Waals surface area contributed by atoms with E-state index in [1.54, 1.807) is 13.0 Å². The van der Waals surface area contributed by atoms with Crippen molar-refractivity contribution in [3.05, 3.63) is 33.6 Å². The Kier molecular flexibility index (Phi) is 3.14. The number of aryl methyl sites for hydroxylation is 1. The SMILES string of the molecule is CN[C@@H](C)c1cc(C)c([N+](=O)[O-])cn1. The molecule has 0 aromatic carbocycles. The second kappa shape index (κ2) is 4.15. The molecule has 1 N–H and O–H groups in total. The van der Waals surface area contributed by atoms with Gasteiger partial charge in [-0.3, -0.25) is 15.1 Å². The smallest absolute Gasteiger partial charge is 0.290 e. The molecule has 0 aliphatic heterocycles. The van der Waals surface area contributed by atoms with E-state index in [-0.39, 0.29) is 11.7 Å². The van der Waals surface area contributed by atoms with Gasteiger partial charge in [0.2, 0.25) is 0 Å². The van der Waals surface area contributed by atoms with E-state index in [1.807, 2.05) is 14.0 Å². The van der Waals surface area contributed by atoms with E-state index in [9.17, 15) is 10.1 Å². The number of nitro groups is 1. The van der Waals surface area contributed by atoms with Crippen molar-refractivity contribution in [3.8, 4) is 0 Å². The molecule has 0 unspecified atom stereocenters. The van der Waals surface area contributed by atoms with E-state index in [2.05, 4.69) is 10.3 Å². The van der Waals surface area contributed by atoms with Crippen molar-refractivity contribution in [1.82, 2.24) is 10.3 Å². The van der Waals surface area contributed by atoms with Gasteiger partial charge in [0.15, 0.2) is 0 Å². The number of hydrogen-bond acceptors (Lipinski definition) is 4. The van der Waals surface area contributed by atoms with Crippen molar-refractivity contribution in [2.75, 3.05) is 7.05 Å². The van der Waals surface area contributed by atoms with Gasteiger partial charge in [0, 0.05) is 11.6 Å². The van der Waals surface area contributed by atoms with Gasteiger partial charge in [-0.25, -0.2) is 0 Å². The fourth-order valence-corrected chi connectivity index (χ4v) is 1.15. The summed E-state index contributed by atoms with van der Waals surface area (Å²) in [5.41, 5.74) is 1.52. The summed E-state index contributed by atoms with van der Waals surface area (Å²) in [5, 5.41) is 13.5. The van der Waals surface area contributed by atoms with Gasteiger partial charge >= 0.3 is 0 Å². The minimum absolute atomic E-state index is 0.0667. The van der Waals surface area contributed by atoms with Crippen molar-refractivity contribution in [3.63, 3.8) is 0 Å². The number of nitrogens with one attached hydrogen (secondary N) is 1. The lowest BCUT2D eigenvalue weighted by atomic mass is 10.1. The zero-order valence-corrected chi connectivity index (χ0v) is 8.44.